The van der Waals surface area contributed by atoms with Crippen molar-refractivity contribution in [2.24, 2.45) is 0 Å². The zero-order chi connectivity index (χ0) is 14.4. The quantitative estimate of drug-likeness (QED) is 0.490. The van der Waals surface area contributed by atoms with Gasteiger partial charge in [0, 0.05) is 12.1 Å². The molecule has 0 heterocycles. The number of carbonyl (C=O) groups is 1. The first-order valence-electron chi connectivity index (χ1n) is 5.65. The lowest BCUT2D eigenvalue weighted by atomic mass is 10.2. The number of benzene rings is 1. The number of methoxy groups -OCH3 is 1. The Labute approximate surface area is 127 Å². The number of ether oxygens (including phenoxy) is 1. The van der Waals surface area contributed by atoms with Gasteiger partial charge in [0.15, 0.2) is 0 Å². The minimum absolute atomic E-state index is 0.329. The Balaban J connectivity index is 2.74. The van der Waals surface area contributed by atoms with Gasteiger partial charge in [0.1, 0.15) is 0 Å². The molecule has 0 aliphatic rings. The normalized spacial score (nSPS) is 11.3. The maximum absolute atomic E-state index is 11.4. The van der Waals surface area contributed by atoms with Crippen molar-refractivity contribution >= 4 is 46.5 Å². The minimum atomic E-state index is -0.329. The maximum Gasteiger partial charge on any atom is 0.333 e. The highest BCUT2D eigenvalue weighted by Gasteiger charge is 2.07. The molecule has 0 spiro atoms. The molecule has 0 saturated carbocycles. The summed E-state index contributed by atoms with van der Waals surface area (Å²) in [7, 11) is 1.36. The molecule has 0 unspecified atom stereocenters. The average molecular weight is 323 g/mol. The SMILES string of the molecule is CC/C(=C/CNc1cc(Cl)c(Cl)cc1Cl)C(=O)OC. The Morgan fingerprint density at radius 2 is 1.89 bits per heavy atom. The van der Waals surface area contributed by atoms with Crippen LogP contribution in [0, 0.1) is 0 Å². The minimum Gasteiger partial charge on any atom is -0.466 e. The van der Waals surface area contributed by atoms with Crippen LogP contribution in [0.25, 0.3) is 0 Å². The number of hydrogen-bond donors (Lipinski definition) is 1. The lowest BCUT2D eigenvalue weighted by Crippen LogP contribution is -2.07. The van der Waals surface area contributed by atoms with E-state index in [1.807, 2.05) is 6.92 Å². The molecule has 1 rings (SSSR count). The summed E-state index contributed by atoms with van der Waals surface area (Å²) in [6.07, 6.45) is 2.36. The van der Waals surface area contributed by atoms with Crippen LogP contribution >= 0.6 is 34.8 Å². The Morgan fingerprint density at radius 3 is 2.47 bits per heavy atom. The lowest BCUT2D eigenvalue weighted by molar-refractivity contribution is -0.136. The van der Waals surface area contributed by atoms with Crippen molar-refractivity contribution in [3.63, 3.8) is 0 Å². The van der Waals surface area contributed by atoms with Crippen LogP contribution < -0.4 is 5.32 Å². The summed E-state index contributed by atoms with van der Waals surface area (Å²) < 4.78 is 4.66. The molecule has 0 radical (unpaired) electrons. The standard InChI is InChI=1S/C13H14Cl3NO2/c1-3-8(13(18)19-2)4-5-17-12-7-10(15)9(14)6-11(12)16/h4,6-7,17H,3,5H2,1-2H3/b8-4-. The number of nitrogens with one attached hydrogen (secondary N) is 1. The average Bonchev–Trinajstić information content (AvgIpc) is 2.39. The largest absolute Gasteiger partial charge is 0.466 e. The summed E-state index contributed by atoms with van der Waals surface area (Å²) in [5.41, 5.74) is 1.26. The molecule has 0 bridgehead atoms. The molecule has 6 heteroatoms. The van der Waals surface area contributed by atoms with Crippen LogP contribution in [0.3, 0.4) is 0 Å². The van der Waals surface area contributed by atoms with E-state index in [2.05, 4.69) is 10.1 Å². The number of esters is 1. The van der Waals surface area contributed by atoms with E-state index in [1.165, 1.54) is 7.11 Å². The molecule has 0 atom stereocenters. The zero-order valence-electron chi connectivity index (χ0n) is 10.6. The van der Waals surface area contributed by atoms with Crippen molar-refractivity contribution < 1.29 is 9.53 Å². The van der Waals surface area contributed by atoms with E-state index in [0.717, 1.165) is 0 Å². The first kappa shape index (κ1) is 16.2. The van der Waals surface area contributed by atoms with Gasteiger partial charge in [0.05, 0.1) is 27.9 Å². The van der Waals surface area contributed by atoms with Gasteiger partial charge in [0.25, 0.3) is 0 Å². The summed E-state index contributed by atoms with van der Waals surface area (Å²) >= 11 is 17.8. The summed E-state index contributed by atoms with van der Waals surface area (Å²) in [6.45, 7) is 2.32. The molecule has 1 aromatic carbocycles. The van der Waals surface area contributed by atoms with Crippen molar-refractivity contribution in [3.8, 4) is 0 Å². The Hall–Kier alpha value is -0.900. The second-order valence-electron chi connectivity index (χ2n) is 3.70. The van der Waals surface area contributed by atoms with E-state index in [9.17, 15) is 4.79 Å². The highest BCUT2D eigenvalue weighted by atomic mass is 35.5. The zero-order valence-corrected chi connectivity index (χ0v) is 12.9. The second kappa shape index (κ2) is 7.63. The molecular formula is C13H14Cl3NO2. The molecule has 0 fully saturated rings. The van der Waals surface area contributed by atoms with Gasteiger partial charge in [-0.15, -0.1) is 0 Å². The number of hydrogen-bond acceptors (Lipinski definition) is 3. The Kier molecular flexibility index (Phi) is 6.49. The molecule has 1 N–H and O–H groups in total. The van der Waals surface area contributed by atoms with Gasteiger partial charge >= 0.3 is 5.97 Å². The third-order valence-corrected chi connectivity index (χ3v) is 3.51. The fraction of sp³-hybridized carbons (Fsp3) is 0.308. The fourth-order valence-electron chi connectivity index (χ4n) is 1.45. The van der Waals surface area contributed by atoms with E-state index in [0.29, 0.717) is 39.3 Å². The number of halogens is 3. The molecule has 0 saturated heterocycles. The molecule has 0 aromatic heterocycles. The predicted molar refractivity (Wildman–Crippen MR) is 80.4 cm³/mol. The first-order chi connectivity index (χ1) is 8.99. The Bertz CT molecular complexity index is 501. The monoisotopic (exact) mass is 321 g/mol. The summed E-state index contributed by atoms with van der Waals surface area (Å²) in [5, 5.41) is 4.35. The van der Waals surface area contributed by atoms with E-state index in [4.69, 9.17) is 34.8 Å². The van der Waals surface area contributed by atoms with Crippen LogP contribution in [0.4, 0.5) is 5.69 Å². The van der Waals surface area contributed by atoms with Gasteiger partial charge in [-0.1, -0.05) is 47.8 Å². The summed E-state index contributed by atoms with van der Waals surface area (Å²) in [6, 6.07) is 3.21. The predicted octanol–water partition coefficient (Wildman–Crippen LogP) is 4.57. The van der Waals surface area contributed by atoms with Crippen LogP contribution in [-0.4, -0.2) is 19.6 Å². The van der Waals surface area contributed by atoms with Gasteiger partial charge in [-0.3, -0.25) is 0 Å². The number of anilines is 1. The summed E-state index contributed by atoms with van der Waals surface area (Å²) in [5.74, 6) is -0.329. The van der Waals surface area contributed by atoms with Gasteiger partial charge in [-0.05, 0) is 18.6 Å². The van der Waals surface area contributed by atoms with Gasteiger partial charge in [-0.25, -0.2) is 4.79 Å². The highest BCUT2D eigenvalue weighted by Crippen LogP contribution is 2.32. The van der Waals surface area contributed by atoms with E-state index in [1.54, 1.807) is 18.2 Å². The fourth-order valence-corrected chi connectivity index (χ4v) is 2.06. The van der Waals surface area contributed by atoms with Crippen molar-refractivity contribution in [1.29, 1.82) is 0 Å². The van der Waals surface area contributed by atoms with Crippen LogP contribution in [0.2, 0.25) is 15.1 Å². The van der Waals surface area contributed by atoms with Crippen molar-refractivity contribution in [1.82, 2.24) is 0 Å². The van der Waals surface area contributed by atoms with E-state index < -0.39 is 0 Å². The topological polar surface area (TPSA) is 38.3 Å². The van der Waals surface area contributed by atoms with Crippen LogP contribution in [-0.2, 0) is 9.53 Å². The van der Waals surface area contributed by atoms with Crippen molar-refractivity contribution in [3.05, 3.63) is 38.8 Å². The third-order valence-electron chi connectivity index (χ3n) is 2.48. The molecule has 104 valence electrons. The number of rotatable bonds is 5. The van der Waals surface area contributed by atoms with Gasteiger partial charge in [-0.2, -0.15) is 0 Å². The smallest absolute Gasteiger partial charge is 0.333 e. The molecule has 19 heavy (non-hydrogen) atoms. The summed E-state index contributed by atoms with van der Waals surface area (Å²) in [4.78, 5) is 11.4. The first-order valence-corrected chi connectivity index (χ1v) is 6.78. The van der Waals surface area contributed by atoms with Crippen LogP contribution in [0.5, 0.6) is 0 Å². The molecule has 0 aliphatic heterocycles. The van der Waals surface area contributed by atoms with Crippen molar-refractivity contribution in [2.75, 3.05) is 19.0 Å². The second-order valence-corrected chi connectivity index (χ2v) is 4.92. The molecular weight excluding hydrogens is 309 g/mol. The highest BCUT2D eigenvalue weighted by molar-refractivity contribution is 6.44. The van der Waals surface area contributed by atoms with Gasteiger partial charge in [0.2, 0.25) is 0 Å². The molecule has 0 amide bonds. The van der Waals surface area contributed by atoms with Crippen molar-refractivity contribution in [2.45, 2.75) is 13.3 Å². The molecule has 1 aromatic rings. The number of carbonyl (C=O) groups excluding carboxylic acids is 1. The molecule has 3 nitrogen and oxygen atoms in total. The van der Waals surface area contributed by atoms with E-state index >= 15 is 0 Å². The van der Waals surface area contributed by atoms with Gasteiger partial charge < -0.3 is 10.1 Å². The maximum atomic E-state index is 11.4. The Morgan fingerprint density at radius 1 is 1.26 bits per heavy atom. The molecule has 0 aliphatic carbocycles. The van der Waals surface area contributed by atoms with Crippen LogP contribution in [0.15, 0.2) is 23.8 Å². The third kappa shape index (κ3) is 4.60. The van der Waals surface area contributed by atoms with E-state index in [-0.39, 0.29) is 5.97 Å². The lowest BCUT2D eigenvalue weighted by Gasteiger charge is -2.09. The van der Waals surface area contributed by atoms with Crippen LogP contribution in [0.1, 0.15) is 13.3 Å².